The minimum absolute atomic E-state index is 0. The van der Waals surface area contributed by atoms with Crippen molar-refractivity contribution in [1.29, 1.82) is 0 Å². The third-order valence-corrected chi connectivity index (χ3v) is 5.27. The molecule has 2 atom stereocenters. The molecule has 2 unspecified atom stereocenters. The Labute approximate surface area is 175 Å². The average Bonchev–Trinajstić information content (AvgIpc) is 2.61. The van der Waals surface area contributed by atoms with Gasteiger partial charge in [-0.25, -0.2) is 0 Å². The maximum Gasteiger partial charge on any atom is 0.222 e. The first-order chi connectivity index (χ1) is 11.7. The minimum Gasteiger partial charge on any atom is -0.344 e. The van der Waals surface area contributed by atoms with E-state index in [4.69, 9.17) is 11.6 Å². The van der Waals surface area contributed by atoms with Gasteiger partial charge < -0.3 is 10.6 Å². The van der Waals surface area contributed by atoms with Crippen LogP contribution in [0, 0.1) is 0 Å². The Bertz CT molecular complexity index is 684. The maximum absolute atomic E-state index is 12.5. The molecule has 0 radical (unpaired) electrons. The second-order valence-electron chi connectivity index (χ2n) is 5.74. The van der Waals surface area contributed by atoms with Crippen LogP contribution >= 0.6 is 48.2 Å². The predicted octanol–water partition coefficient (Wildman–Crippen LogP) is 3.88. The van der Waals surface area contributed by atoms with Crippen LogP contribution in [0.1, 0.15) is 23.7 Å². The van der Waals surface area contributed by atoms with Gasteiger partial charge >= 0.3 is 0 Å². The lowest BCUT2D eigenvalue weighted by Gasteiger charge is -2.24. The van der Waals surface area contributed by atoms with E-state index >= 15 is 0 Å². The normalized spacial score (nSPS) is 17.3. The van der Waals surface area contributed by atoms with Crippen LogP contribution in [0.2, 0.25) is 5.02 Å². The molecule has 1 amide bonds. The van der Waals surface area contributed by atoms with E-state index in [1.807, 2.05) is 54.2 Å². The van der Waals surface area contributed by atoms with Crippen molar-refractivity contribution in [2.75, 3.05) is 18.1 Å². The summed E-state index contributed by atoms with van der Waals surface area (Å²) in [4.78, 5) is 16.9. The van der Waals surface area contributed by atoms with Crippen LogP contribution in [0.15, 0.2) is 48.7 Å². The molecule has 1 aromatic heterocycles. The van der Waals surface area contributed by atoms with Crippen molar-refractivity contribution in [2.45, 2.75) is 18.5 Å². The number of thioether (sulfide) groups is 1. The monoisotopic (exact) mass is 433 g/mol. The Morgan fingerprint density at radius 2 is 2.15 bits per heavy atom. The second-order valence-corrected chi connectivity index (χ2v) is 7.33. The number of nitrogens with zero attached hydrogens (tertiary/aromatic N) is 1. The van der Waals surface area contributed by atoms with E-state index in [1.54, 1.807) is 6.20 Å². The highest BCUT2D eigenvalue weighted by Gasteiger charge is 2.21. The summed E-state index contributed by atoms with van der Waals surface area (Å²) in [7, 11) is 0. The summed E-state index contributed by atoms with van der Waals surface area (Å²) < 4.78 is 0. The summed E-state index contributed by atoms with van der Waals surface area (Å²) in [5.74, 6) is 2.10. The van der Waals surface area contributed by atoms with Crippen LogP contribution in [0.5, 0.6) is 0 Å². The molecule has 0 bridgehead atoms. The van der Waals surface area contributed by atoms with Crippen LogP contribution in [0.25, 0.3) is 0 Å². The van der Waals surface area contributed by atoms with Crippen molar-refractivity contribution in [3.05, 3.63) is 64.9 Å². The number of carbonyl (C=O) groups excluding carboxylic acids is 1. The first kappa shape index (κ1) is 23.1. The number of pyridine rings is 1. The molecule has 26 heavy (non-hydrogen) atoms. The topological polar surface area (TPSA) is 54.0 Å². The molecule has 142 valence electrons. The Kier molecular flexibility index (Phi) is 10.4. The highest BCUT2D eigenvalue weighted by atomic mass is 35.5. The molecule has 1 aliphatic rings. The van der Waals surface area contributed by atoms with E-state index in [9.17, 15) is 4.79 Å². The summed E-state index contributed by atoms with van der Waals surface area (Å²) >= 11 is 8.01. The zero-order valence-electron chi connectivity index (χ0n) is 14.1. The van der Waals surface area contributed by atoms with E-state index in [-0.39, 0.29) is 42.8 Å². The second kappa shape index (κ2) is 11.7. The fourth-order valence-electron chi connectivity index (χ4n) is 2.76. The molecule has 4 nitrogen and oxygen atoms in total. The summed E-state index contributed by atoms with van der Waals surface area (Å²) in [5.41, 5.74) is 1.74. The fourth-order valence-corrected chi connectivity index (χ4v) is 3.90. The van der Waals surface area contributed by atoms with Gasteiger partial charge in [0, 0.05) is 41.7 Å². The molecule has 1 aliphatic heterocycles. The van der Waals surface area contributed by atoms with Gasteiger partial charge in [0.25, 0.3) is 0 Å². The smallest absolute Gasteiger partial charge is 0.222 e. The van der Waals surface area contributed by atoms with Gasteiger partial charge in [0.1, 0.15) is 0 Å². The zero-order chi connectivity index (χ0) is 16.8. The SMILES string of the molecule is Cl.Cl.O=C(CC1CSCCN1)NC(c1cccc(Cl)c1)c1ccccn1. The molecule has 8 heteroatoms. The number of hydrogen-bond acceptors (Lipinski definition) is 4. The van der Waals surface area contributed by atoms with Gasteiger partial charge in [0.15, 0.2) is 0 Å². The van der Waals surface area contributed by atoms with E-state index in [2.05, 4.69) is 15.6 Å². The van der Waals surface area contributed by atoms with Crippen molar-refractivity contribution in [2.24, 2.45) is 0 Å². The highest BCUT2D eigenvalue weighted by molar-refractivity contribution is 7.99. The lowest BCUT2D eigenvalue weighted by Crippen LogP contribution is -2.42. The Morgan fingerprint density at radius 1 is 1.31 bits per heavy atom. The van der Waals surface area contributed by atoms with Gasteiger partial charge in [-0.3, -0.25) is 9.78 Å². The molecule has 2 N–H and O–H groups in total. The number of rotatable bonds is 5. The third-order valence-electron chi connectivity index (χ3n) is 3.90. The van der Waals surface area contributed by atoms with Gasteiger partial charge in [-0.2, -0.15) is 11.8 Å². The van der Waals surface area contributed by atoms with Gasteiger partial charge in [-0.1, -0.05) is 29.8 Å². The quantitative estimate of drug-likeness (QED) is 0.750. The predicted molar refractivity (Wildman–Crippen MR) is 114 cm³/mol. The molecular formula is C18H22Cl3N3OS. The lowest BCUT2D eigenvalue weighted by molar-refractivity contribution is -0.122. The zero-order valence-corrected chi connectivity index (χ0v) is 17.3. The Balaban J connectivity index is 0.00000169. The van der Waals surface area contributed by atoms with Crippen molar-refractivity contribution in [1.82, 2.24) is 15.6 Å². The standard InChI is InChI=1S/C18H20ClN3OS.2ClH/c19-14-5-3-4-13(10-14)18(16-6-1-2-7-21-16)22-17(23)11-15-12-24-9-8-20-15;;/h1-7,10,15,18,20H,8-9,11-12H2,(H,22,23);2*1H. The molecule has 2 aromatic rings. The molecule has 0 aliphatic carbocycles. The van der Waals surface area contributed by atoms with E-state index < -0.39 is 0 Å². The van der Waals surface area contributed by atoms with Crippen molar-refractivity contribution < 1.29 is 4.79 Å². The third kappa shape index (κ3) is 6.63. The van der Waals surface area contributed by atoms with Gasteiger partial charge in [0.05, 0.1) is 11.7 Å². The van der Waals surface area contributed by atoms with E-state index in [0.717, 1.165) is 29.3 Å². The van der Waals surface area contributed by atoms with Crippen LogP contribution < -0.4 is 10.6 Å². The first-order valence-corrected chi connectivity index (χ1v) is 9.52. The van der Waals surface area contributed by atoms with Crippen molar-refractivity contribution >= 4 is 54.1 Å². The number of benzene rings is 1. The number of aromatic nitrogens is 1. The summed E-state index contributed by atoms with van der Waals surface area (Å²) in [5, 5.41) is 7.15. The lowest BCUT2D eigenvalue weighted by atomic mass is 10.0. The molecule has 0 spiro atoms. The maximum atomic E-state index is 12.5. The number of nitrogens with one attached hydrogen (secondary N) is 2. The number of carbonyl (C=O) groups is 1. The van der Waals surface area contributed by atoms with Gasteiger partial charge in [0.2, 0.25) is 5.91 Å². The Hall–Kier alpha value is -0.980. The fraction of sp³-hybridized carbons (Fsp3) is 0.333. The van der Waals surface area contributed by atoms with Crippen molar-refractivity contribution in [3.8, 4) is 0 Å². The summed E-state index contributed by atoms with van der Waals surface area (Å²) in [6.07, 6.45) is 2.20. The summed E-state index contributed by atoms with van der Waals surface area (Å²) in [6, 6.07) is 13.2. The number of halogens is 3. The molecule has 2 heterocycles. The number of hydrogen-bond donors (Lipinski definition) is 2. The average molecular weight is 435 g/mol. The first-order valence-electron chi connectivity index (χ1n) is 7.99. The molecule has 1 fully saturated rings. The molecular weight excluding hydrogens is 413 g/mol. The van der Waals surface area contributed by atoms with Crippen LogP contribution in [0.3, 0.4) is 0 Å². The van der Waals surface area contributed by atoms with E-state index in [0.29, 0.717) is 11.4 Å². The minimum atomic E-state index is -0.298. The number of amides is 1. The molecule has 1 saturated heterocycles. The molecule has 3 rings (SSSR count). The van der Waals surface area contributed by atoms with Crippen molar-refractivity contribution in [3.63, 3.8) is 0 Å². The molecule has 1 aromatic carbocycles. The van der Waals surface area contributed by atoms with Crippen LogP contribution in [-0.4, -0.2) is 35.0 Å². The van der Waals surface area contributed by atoms with Crippen LogP contribution in [0.4, 0.5) is 0 Å². The van der Waals surface area contributed by atoms with Gasteiger partial charge in [-0.15, -0.1) is 24.8 Å². The van der Waals surface area contributed by atoms with Crippen LogP contribution in [-0.2, 0) is 4.79 Å². The molecule has 0 saturated carbocycles. The van der Waals surface area contributed by atoms with Gasteiger partial charge in [-0.05, 0) is 29.8 Å². The highest BCUT2D eigenvalue weighted by Crippen LogP contribution is 2.23. The summed E-state index contributed by atoms with van der Waals surface area (Å²) in [6.45, 7) is 0.959. The largest absolute Gasteiger partial charge is 0.344 e. The Morgan fingerprint density at radius 3 is 2.81 bits per heavy atom. The van der Waals surface area contributed by atoms with E-state index in [1.165, 1.54) is 0 Å².